The van der Waals surface area contributed by atoms with Gasteiger partial charge in [-0.15, -0.1) is 0 Å². The molecule has 0 spiro atoms. The molecule has 1 rings (SSSR count). The summed E-state index contributed by atoms with van der Waals surface area (Å²) in [7, 11) is -3.82. The molecule has 0 saturated heterocycles. The lowest BCUT2D eigenvalue weighted by Gasteiger charge is -2.11. The van der Waals surface area contributed by atoms with Crippen molar-refractivity contribution in [3.63, 3.8) is 0 Å². The Morgan fingerprint density at radius 1 is 1.47 bits per heavy atom. The van der Waals surface area contributed by atoms with E-state index in [9.17, 15) is 12.8 Å². The van der Waals surface area contributed by atoms with Crippen LogP contribution in [0.3, 0.4) is 0 Å². The second kappa shape index (κ2) is 7.23. The van der Waals surface area contributed by atoms with Gasteiger partial charge in [-0.05, 0) is 30.4 Å². The SMILES string of the molecule is CSC(C)CCNS(=O)(=O)c1cc(CN)ccc1F. The minimum Gasteiger partial charge on any atom is -0.326 e. The molecule has 1 unspecified atom stereocenters. The van der Waals surface area contributed by atoms with Gasteiger partial charge < -0.3 is 5.73 Å². The van der Waals surface area contributed by atoms with Crippen LogP contribution in [0.4, 0.5) is 4.39 Å². The molecule has 0 aromatic heterocycles. The molecule has 19 heavy (non-hydrogen) atoms. The zero-order valence-electron chi connectivity index (χ0n) is 11.0. The summed E-state index contributed by atoms with van der Waals surface area (Å²) in [6.07, 6.45) is 2.65. The maximum atomic E-state index is 13.6. The van der Waals surface area contributed by atoms with E-state index in [1.165, 1.54) is 12.1 Å². The quantitative estimate of drug-likeness (QED) is 0.804. The van der Waals surface area contributed by atoms with E-state index in [1.807, 2.05) is 13.2 Å². The van der Waals surface area contributed by atoms with Gasteiger partial charge in [0.25, 0.3) is 0 Å². The Morgan fingerprint density at radius 3 is 2.74 bits per heavy atom. The molecule has 7 heteroatoms. The fraction of sp³-hybridized carbons (Fsp3) is 0.500. The number of halogens is 1. The predicted octanol–water partition coefficient (Wildman–Crippen LogP) is 1.70. The number of thioether (sulfide) groups is 1. The molecule has 1 aromatic carbocycles. The molecule has 0 fully saturated rings. The van der Waals surface area contributed by atoms with Crippen LogP contribution >= 0.6 is 11.8 Å². The van der Waals surface area contributed by atoms with Gasteiger partial charge in [-0.2, -0.15) is 11.8 Å². The molecule has 0 aliphatic rings. The Morgan fingerprint density at radius 2 is 2.16 bits per heavy atom. The average Bonchev–Trinajstić information content (AvgIpc) is 2.38. The van der Waals surface area contributed by atoms with E-state index >= 15 is 0 Å². The van der Waals surface area contributed by atoms with E-state index in [4.69, 9.17) is 5.73 Å². The van der Waals surface area contributed by atoms with Gasteiger partial charge in [0.1, 0.15) is 10.7 Å². The highest BCUT2D eigenvalue weighted by molar-refractivity contribution is 7.99. The van der Waals surface area contributed by atoms with Crippen LogP contribution in [0.25, 0.3) is 0 Å². The van der Waals surface area contributed by atoms with E-state index < -0.39 is 15.8 Å². The molecule has 4 nitrogen and oxygen atoms in total. The van der Waals surface area contributed by atoms with Crippen LogP contribution in [0.1, 0.15) is 18.9 Å². The first-order valence-corrected chi connectivity index (χ1v) is 8.68. The summed E-state index contributed by atoms with van der Waals surface area (Å²) in [6.45, 7) is 2.47. The highest BCUT2D eigenvalue weighted by Crippen LogP contribution is 2.16. The van der Waals surface area contributed by atoms with Crippen molar-refractivity contribution in [2.45, 2.75) is 30.0 Å². The second-order valence-corrected chi connectivity index (χ2v) is 7.21. The summed E-state index contributed by atoms with van der Waals surface area (Å²) >= 11 is 1.65. The van der Waals surface area contributed by atoms with Crippen molar-refractivity contribution in [2.24, 2.45) is 5.73 Å². The fourth-order valence-corrected chi connectivity index (χ4v) is 3.00. The van der Waals surface area contributed by atoms with Gasteiger partial charge in [0.2, 0.25) is 10.0 Å². The number of nitrogens with two attached hydrogens (primary N) is 1. The van der Waals surface area contributed by atoms with Crippen molar-refractivity contribution in [1.29, 1.82) is 0 Å². The van der Waals surface area contributed by atoms with Crippen LogP contribution in [0.5, 0.6) is 0 Å². The summed E-state index contributed by atoms with van der Waals surface area (Å²) in [6, 6.07) is 3.88. The molecule has 0 aliphatic carbocycles. The molecule has 3 N–H and O–H groups in total. The standard InChI is InChI=1S/C12H19FN2O2S2/c1-9(18-2)5-6-15-19(16,17)12-7-10(8-14)3-4-11(12)13/h3-4,7,9,15H,5-6,8,14H2,1-2H3. The van der Waals surface area contributed by atoms with E-state index in [0.29, 0.717) is 17.2 Å². The predicted molar refractivity (Wildman–Crippen MR) is 77.1 cm³/mol. The van der Waals surface area contributed by atoms with Gasteiger partial charge in [0.05, 0.1) is 0 Å². The topological polar surface area (TPSA) is 72.2 Å². The number of hydrogen-bond acceptors (Lipinski definition) is 4. The third kappa shape index (κ3) is 4.76. The molecule has 108 valence electrons. The fourth-order valence-electron chi connectivity index (χ4n) is 1.47. The summed E-state index contributed by atoms with van der Waals surface area (Å²) < 4.78 is 40.0. The molecule has 1 aromatic rings. The van der Waals surface area contributed by atoms with Crippen LogP contribution in [0.2, 0.25) is 0 Å². The minimum absolute atomic E-state index is 0.173. The minimum atomic E-state index is -3.82. The highest BCUT2D eigenvalue weighted by atomic mass is 32.2. The average molecular weight is 306 g/mol. The van der Waals surface area contributed by atoms with Crippen LogP contribution < -0.4 is 10.5 Å². The number of rotatable bonds is 7. The van der Waals surface area contributed by atoms with Crippen LogP contribution in [-0.4, -0.2) is 26.5 Å². The lowest BCUT2D eigenvalue weighted by Crippen LogP contribution is -2.27. The monoisotopic (exact) mass is 306 g/mol. The maximum Gasteiger partial charge on any atom is 0.243 e. The van der Waals surface area contributed by atoms with E-state index in [1.54, 1.807) is 11.8 Å². The summed E-state index contributed by atoms with van der Waals surface area (Å²) in [5.74, 6) is -0.761. The number of benzene rings is 1. The zero-order valence-corrected chi connectivity index (χ0v) is 12.7. The maximum absolute atomic E-state index is 13.6. The number of nitrogens with one attached hydrogen (secondary N) is 1. The molecule has 0 bridgehead atoms. The first-order valence-electron chi connectivity index (χ1n) is 5.91. The third-order valence-electron chi connectivity index (χ3n) is 2.77. The molecule has 0 amide bonds. The van der Waals surface area contributed by atoms with Crippen LogP contribution in [0.15, 0.2) is 23.1 Å². The van der Waals surface area contributed by atoms with E-state index in [2.05, 4.69) is 4.72 Å². The highest BCUT2D eigenvalue weighted by Gasteiger charge is 2.19. The van der Waals surface area contributed by atoms with Crippen molar-refractivity contribution < 1.29 is 12.8 Å². The Balaban J connectivity index is 2.82. The lowest BCUT2D eigenvalue weighted by molar-refractivity contribution is 0.555. The summed E-state index contributed by atoms with van der Waals surface area (Å²) in [5.41, 5.74) is 6.01. The number of sulfonamides is 1. The van der Waals surface area contributed by atoms with Gasteiger partial charge in [0.15, 0.2) is 0 Å². The van der Waals surface area contributed by atoms with E-state index in [-0.39, 0.29) is 18.0 Å². The van der Waals surface area contributed by atoms with Crippen molar-refractivity contribution in [3.8, 4) is 0 Å². The first-order chi connectivity index (χ1) is 8.90. The molecule has 0 aliphatic heterocycles. The Bertz CT molecular complexity index is 520. The molecular weight excluding hydrogens is 287 g/mol. The van der Waals surface area contributed by atoms with Gasteiger partial charge in [0, 0.05) is 18.3 Å². The molecular formula is C12H19FN2O2S2. The Hall–Kier alpha value is -0.630. The van der Waals surface area contributed by atoms with Gasteiger partial charge >= 0.3 is 0 Å². The molecule has 0 saturated carbocycles. The van der Waals surface area contributed by atoms with Gasteiger partial charge in [-0.25, -0.2) is 17.5 Å². The third-order valence-corrected chi connectivity index (χ3v) is 5.28. The van der Waals surface area contributed by atoms with Crippen molar-refractivity contribution in [1.82, 2.24) is 4.72 Å². The molecule has 1 atom stereocenters. The second-order valence-electron chi connectivity index (χ2n) is 4.20. The largest absolute Gasteiger partial charge is 0.326 e. The number of hydrogen-bond donors (Lipinski definition) is 2. The Labute approximate surface area is 118 Å². The van der Waals surface area contributed by atoms with Crippen LogP contribution in [-0.2, 0) is 16.6 Å². The Kier molecular flexibility index (Phi) is 6.25. The summed E-state index contributed by atoms with van der Waals surface area (Å²) in [4.78, 5) is -0.341. The van der Waals surface area contributed by atoms with Crippen LogP contribution in [0, 0.1) is 5.82 Å². The van der Waals surface area contributed by atoms with E-state index in [0.717, 1.165) is 6.07 Å². The smallest absolute Gasteiger partial charge is 0.243 e. The van der Waals surface area contributed by atoms with Crippen molar-refractivity contribution >= 4 is 21.8 Å². The first kappa shape index (κ1) is 16.4. The van der Waals surface area contributed by atoms with Crippen molar-refractivity contribution in [2.75, 3.05) is 12.8 Å². The normalized spacial score (nSPS) is 13.5. The van der Waals surface area contributed by atoms with Crippen molar-refractivity contribution in [3.05, 3.63) is 29.6 Å². The molecule has 0 radical (unpaired) electrons. The zero-order chi connectivity index (χ0) is 14.5. The lowest BCUT2D eigenvalue weighted by atomic mass is 10.2. The molecule has 0 heterocycles. The van der Waals surface area contributed by atoms with Gasteiger partial charge in [-0.1, -0.05) is 13.0 Å². The summed E-state index contributed by atoms with van der Waals surface area (Å²) in [5, 5.41) is 0.350. The van der Waals surface area contributed by atoms with Gasteiger partial charge in [-0.3, -0.25) is 0 Å².